The summed E-state index contributed by atoms with van der Waals surface area (Å²) in [6.45, 7) is 9.33. The van der Waals surface area contributed by atoms with E-state index in [0.717, 1.165) is 11.8 Å². The van der Waals surface area contributed by atoms with Gasteiger partial charge in [-0.1, -0.05) is 110 Å². The first-order chi connectivity index (χ1) is 12.6. The monoisotopic (exact) mass is 357 g/mol. The molecule has 0 heterocycles. The molecular weight excluding hydrogens is 312 g/mol. The van der Waals surface area contributed by atoms with Crippen molar-refractivity contribution in [2.45, 2.75) is 118 Å². The molecule has 1 aromatic carbocycles. The summed E-state index contributed by atoms with van der Waals surface area (Å²) in [5.41, 5.74) is 3.06. The van der Waals surface area contributed by atoms with Crippen molar-refractivity contribution >= 4 is 0 Å². The Labute approximate surface area is 165 Å². The van der Waals surface area contributed by atoms with Crippen molar-refractivity contribution in [3.8, 4) is 0 Å². The van der Waals surface area contributed by atoms with Gasteiger partial charge in [-0.05, 0) is 54.7 Å². The third-order valence-corrected chi connectivity index (χ3v) is 5.47. The fourth-order valence-corrected chi connectivity index (χ4v) is 3.76. The van der Waals surface area contributed by atoms with Crippen molar-refractivity contribution in [3.05, 3.63) is 35.4 Å². The Morgan fingerprint density at radius 3 is 1.73 bits per heavy atom. The van der Waals surface area contributed by atoms with Crippen LogP contribution in [0.15, 0.2) is 18.2 Å². The van der Waals surface area contributed by atoms with E-state index in [1.165, 1.54) is 95.5 Å². The van der Waals surface area contributed by atoms with Crippen LogP contribution in [0.1, 0.15) is 116 Å². The van der Waals surface area contributed by atoms with E-state index in [9.17, 15) is 0 Å². The van der Waals surface area contributed by atoms with Crippen LogP contribution in [0.4, 0.5) is 0 Å². The summed E-state index contributed by atoms with van der Waals surface area (Å²) in [6.07, 6.45) is 19.2. The minimum Gasteiger partial charge on any atom is -0.0628 e. The number of benzene rings is 1. The molecule has 0 aliphatic heterocycles. The first-order valence-electron chi connectivity index (χ1n) is 11.6. The largest absolute Gasteiger partial charge is 0.0628 e. The number of aryl methyl sites for hydroxylation is 2. The first-order valence-corrected chi connectivity index (χ1v) is 11.6. The Hall–Kier alpha value is -0.780. The topological polar surface area (TPSA) is 0 Å². The first kappa shape index (κ1) is 23.3. The molecule has 0 unspecified atom stereocenters. The van der Waals surface area contributed by atoms with Crippen LogP contribution in [0, 0.1) is 17.9 Å². The number of unbranched alkanes of at least 4 members (excludes halogenated alkanes) is 8. The van der Waals surface area contributed by atoms with Crippen LogP contribution < -0.4 is 0 Å². The third-order valence-electron chi connectivity index (χ3n) is 5.47. The lowest BCUT2D eigenvalue weighted by Gasteiger charge is -2.10. The van der Waals surface area contributed by atoms with E-state index in [4.69, 9.17) is 0 Å². The van der Waals surface area contributed by atoms with Gasteiger partial charge in [0.05, 0.1) is 0 Å². The smallest absolute Gasteiger partial charge is 0.0146 e. The molecule has 1 aromatic rings. The van der Waals surface area contributed by atoms with Crippen LogP contribution in [-0.2, 0) is 12.8 Å². The predicted molar refractivity (Wildman–Crippen MR) is 118 cm³/mol. The Bertz CT molecular complexity index is 388. The maximum absolute atomic E-state index is 3.53. The number of hydrogen-bond acceptors (Lipinski definition) is 0. The van der Waals surface area contributed by atoms with Crippen molar-refractivity contribution in [2.24, 2.45) is 11.8 Å². The summed E-state index contributed by atoms with van der Waals surface area (Å²) in [5, 5.41) is 0. The summed E-state index contributed by atoms with van der Waals surface area (Å²) in [4.78, 5) is 0. The highest BCUT2D eigenvalue weighted by molar-refractivity contribution is 5.26. The maximum atomic E-state index is 3.53. The SMILES string of the molecule is CC(C)CCCCCCCc1[c]cccc1CCCCCCCC(C)C. The van der Waals surface area contributed by atoms with E-state index in [2.05, 4.69) is 52.0 Å². The molecule has 0 amide bonds. The molecule has 0 atom stereocenters. The number of hydrogen-bond donors (Lipinski definition) is 0. The predicted octanol–water partition coefficient (Wildman–Crippen LogP) is 8.56. The molecule has 0 spiro atoms. The minimum absolute atomic E-state index is 0.867. The minimum atomic E-state index is 0.867. The highest BCUT2D eigenvalue weighted by Gasteiger charge is 2.03. The Kier molecular flexibility index (Phi) is 13.7. The molecule has 0 N–H and O–H groups in total. The zero-order valence-corrected chi connectivity index (χ0v) is 18.3. The van der Waals surface area contributed by atoms with E-state index in [-0.39, 0.29) is 0 Å². The van der Waals surface area contributed by atoms with E-state index in [0.29, 0.717) is 0 Å². The van der Waals surface area contributed by atoms with Crippen molar-refractivity contribution in [1.29, 1.82) is 0 Å². The second-order valence-corrected chi connectivity index (χ2v) is 9.07. The van der Waals surface area contributed by atoms with Gasteiger partial charge in [-0.2, -0.15) is 0 Å². The normalized spacial score (nSPS) is 11.6. The van der Waals surface area contributed by atoms with Crippen LogP contribution in [-0.4, -0.2) is 0 Å². The van der Waals surface area contributed by atoms with E-state index >= 15 is 0 Å². The van der Waals surface area contributed by atoms with Gasteiger partial charge in [-0.15, -0.1) is 0 Å². The standard InChI is InChI=1S/C26H45/c1-23(2)17-11-7-5-9-13-19-25-21-15-16-22-26(25)20-14-10-6-8-12-18-24(3)4/h15-16,21,23-24H,5-14,17-20H2,1-4H3. The van der Waals surface area contributed by atoms with E-state index in [1.54, 1.807) is 5.56 Å². The fraction of sp³-hybridized carbons (Fsp3) is 0.769. The molecule has 1 radical (unpaired) electrons. The second kappa shape index (κ2) is 15.3. The lowest BCUT2D eigenvalue weighted by Crippen LogP contribution is -1.96. The van der Waals surface area contributed by atoms with Crippen LogP contribution in [0.25, 0.3) is 0 Å². The maximum Gasteiger partial charge on any atom is -0.0146 e. The molecule has 0 bridgehead atoms. The molecule has 0 aliphatic rings. The lowest BCUT2D eigenvalue weighted by molar-refractivity contribution is 0.513. The average Bonchev–Trinajstić information content (AvgIpc) is 2.60. The van der Waals surface area contributed by atoms with E-state index < -0.39 is 0 Å². The van der Waals surface area contributed by atoms with Gasteiger partial charge in [0.1, 0.15) is 0 Å². The quantitative estimate of drug-likeness (QED) is 0.260. The van der Waals surface area contributed by atoms with Gasteiger partial charge < -0.3 is 0 Å². The molecule has 0 fully saturated rings. The van der Waals surface area contributed by atoms with Gasteiger partial charge in [0.2, 0.25) is 0 Å². The zero-order chi connectivity index (χ0) is 19.0. The van der Waals surface area contributed by atoms with Crippen molar-refractivity contribution in [1.82, 2.24) is 0 Å². The van der Waals surface area contributed by atoms with Crippen LogP contribution in [0.5, 0.6) is 0 Å². The number of rotatable bonds is 16. The third kappa shape index (κ3) is 12.6. The molecule has 0 saturated carbocycles. The lowest BCUT2D eigenvalue weighted by atomic mass is 9.96. The molecule has 0 aromatic heterocycles. The summed E-state index contributed by atoms with van der Waals surface area (Å²) in [5.74, 6) is 1.74. The van der Waals surface area contributed by atoms with E-state index in [1.807, 2.05) is 0 Å². The summed E-state index contributed by atoms with van der Waals surface area (Å²) >= 11 is 0. The Morgan fingerprint density at radius 1 is 0.654 bits per heavy atom. The van der Waals surface area contributed by atoms with Gasteiger partial charge in [0, 0.05) is 0 Å². The van der Waals surface area contributed by atoms with Gasteiger partial charge in [0.25, 0.3) is 0 Å². The van der Waals surface area contributed by atoms with Crippen LogP contribution in [0.3, 0.4) is 0 Å². The van der Waals surface area contributed by atoms with Gasteiger partial charge in [-0.3, -0.25) is 0 Å². The van der Waals surface area contributed by atoms with Gasteiger partial charge in [-0.25, -0.2) is 0 Å². The summed E-state index contributed by atoms with van der Waals surface area (Å²) in [6, 6.07) is 10.1. The molecule has 0 aliphatic carbocycles. The van der Waals surface area contributed by atoms with Gasteiger partial charge >= 0.3 is 0 Å². The Balaban J connectivity index is 2.13. The molecule has 149 valence electrons. The summed E-state index contributed by atoms with van der Waals surface area (Å²) < 4.78 is 0. The van der Waals surface area contributed by atoms with Crippen LogP contribution in [0.2, 0.25) is 0 Å². The molecule has 0 nitrogen and oxygen atoms in total. The molecule has 26 heavy (non-hydrogen) atoms. The molecule has 1 rings (SSSR count). The van der Waals surface area contributed by atoms with Crippen molar-refractivity contribution in [3.63, 3.8) is 0 Å². The Morgan fingerprint density at radius 2 is 1.15 bits per heavy atom. The fourth-order valence-electron chi connectivity index (χ4n) is 3.76. The summed E-state index contributed by atoms with van der Waals surface area (Å²) in [7, 11) is 0. The average molecular weight is 358 g/mol. The zero-order valence-electron chi connectivity index (χ0n) is 18.3. The highest BCUT2D eigenvalue weighted by atomic mass is 14.1. The molecule has 0 heteroatoms. The van der Waals surface area contributed by atoms with Crippen molar-refractivity contribution < 1.29 is 0 Å². The highest BCUT2D eigenvalue weighted by Crippen LogP contribution is 2.18. The van der Waals surface area contributed by atoms with Gasteiger partial charge in [0.15, 0.2) is 0 Å². The van der Waals surface area contributed by atoms with Crippen molar-refractivity contribution in [2.75, 3.05) is 0 Å². The van der Waals surface area contributed by atoms with Crippen LogP contribution >= 0.6 is 0 Å². The molecular formula is C26H45. The molecule has 0 saturated heterocycles. The second-order valence-electron chi connectivity index (χ2n) is 9.07.